The van der Waals surface area contributed by atoms with Crippen LogP contribution in [-0.2, 0) is 27.2 Å². The van der Waals surface area contributed by atoms with E-state index in [-0.39, 0.29) is 54.3 Å². The molecule has 4 aromatic rings. The molecule has 0 spiro atoms. The van der Waals surface area contributed by atoms with Gasteiger partial charge in [-0.3, -0.25) is 14.4 Å². The SMILES string of the molecule is COc1cc2ncnc(Oc3ccc(CC(=O)C4(C(=O)Cc5ccc(F)cc5)CC4)cc3)c2cc1C(=O)NC[C@@H]1CCCN1C(=O)OC(C)(C)C. The summed E-state index contributed by atoms with van der Waals surface area (Å²) in [6.07, 6.45) is 3.73. The molecule has 2 heterocycles. The van der Waals surface area contributed by atoms with Crippen molar-refractivity contribution in [2.24, 2.45) is 5.41 Å². The van der Waals surface area contributed by atoms with Gasteiger partial charge in [0.05, 0.1) is 35.0 Å². The summed E-state index contributed by atoms with van der Waals surface area (Å²) in [7, 11) is 1.47. The van der Waals surface area contributed by atoms with Crippen molar-refractivity contribution in [1.29, 1.82) is 0 Å². The Hall–Kier alpha value is -5.39. The number of amides is 2. The Labute approximate surface area is 295 Å². The number of hydrogen-bond acceptors (Lipinski definition) is 9. The summed E-state index contributed by atoms with van der Waals surface area (Å²) >= 11 is 0. The summed E-state index contributed by atoms with van der Waals surface area (Å²) < 4.78 is 30.5. The fourth-order valence-electron chi connectivity index (χ4n) is 6.34. The van der Waals surface area contributed by atoms with E-state index in [0.717, 1.165) is 18.4 Å². The second kappa shape index (κ2) is 14.5. The molecule has 1 aromatic heterocycles. The quantitative estimate of drug-likeness (QED) is 0.167. The van der Waals surface area contributed by atoms with E-state index in [0.29, 0.717) is 47.4 Å². The largest absolute Gasteiger partial charge is 0.496 e. The zero-order valence-corrected chi connectivity index (χ0v) is 29.2. The van der Waals surface area contributed by atoms with Crippen molar-refractivity contribution in [2.75, 3.05) is 20.2 Å². The zero-order valence-electron chi connectivity index (χ0n) is 29.2. The van der Waals surface area contributed by atoms with Crippen LogP contribution < -0.4 is 14.8 Å². The molecule has 1 aliphatic heterocycles. The number of ether oxygens (including phenoxy) is 3. The van der Waals surface area contributed by atoms with Gasteiger partial charge in [0.25, 0.3) is 5.91 Å². The zero-order chi connectivity index (χ0) is 36.3. The third-order valence-electron chi connectivity index (χ3n) is 9.27. The first-order chi connectivity index (χ1) is 24.3. The van der Waals surface area contributed by atoms with Crippen molar-refractivity contribution in [2.45, 2.75) is 70.9 Å². The van der Waals surface area contributed by atoms with E-state index < -0.39 is 23.0 Å². The van der Waals surface area contributed by atoms with Crippen molar-refractivity contribution in [3.63, 3.8) is 0 Å². The average Bonchev–Trinajstić information content (AvgIpc) is 3.79. The number of carbonyl (C=O) groups excluding carboxylic acids is 4. The van der Waals surface area contributed by atoms with Gasteiger partial charge in [-0.2, -0.15) is 0 Å². The molecular formula is C39H41FN4O7. The lowest BCUT2D eigenvalue weighted by molar-refractivity contribution is -0.133. The number of carbonyl (C=O) groups is 4. The van der Waals surface area contributed by atoms with Crippen molar-refractivity contribution >= 4 is 34.5 Å². The van der Waals surface area contributed by atoms with Gasteiger partial charge in [-0.1, -0.05) is 24.3 Å². The lowest BCUT2D eigenvalue weighted by Gasteiger charge is -2.28. The van der Waals surface area contributed by atoms with Crippen LogP contribution in [0.3, 0.4) is 0 Å². The summed E-state index contributed by atoms with van der Waals surface area (Å²) in [5.74, 6) is -0.0460. The molecule has 1 atom stereocenters. The smallest absolute Gasteiger partial charge is 0.410 e. The average molecular weight is 697 g/mol. The third kappa shape index (κ3) is 8.16. The Bertz CT molecular complexity index is 1950. The Morgan fingerprint density at radius 2 is 1.59 bits per heavy atom. The van der Waals surface area contributed by atoms with Crippen LogP contribution in [0.4, 0.5) is 9.18 Å². The summed E-state index contributed by atoms with van der Waals surface area (Å²) in [4.78, 5) is 62.8. The topological polar surface area (TPSA) is 137 Å². The van der Waals surface area contributed by atoms with Gasteiger partial charge in [-0.15, -0.1) is 0 Å². The number of methoxy groups -OCH3 is 1. The molecule has 51 heavy (non-hydrogen) atoms. The minimum Gasteiger partial charge on any atom is -0.496 e. The highest BCUT2D eigenvalue weighted by molar-refractivity contribution is 6.11. The first kappa shape index (κ1) is 35.4. The number of likely N-dealkylation sites (tertiary alicyclic amines) is 1. The number of rotatable bonds is 12. The van der Waals surface area contributed by atoms with Crippen LogP contribution >= 0.6 is 0 Å². The Morgan fingerprint density at radius 1 is 0.941 bits per heavy atom. The predicted molar refractivity (Wildman–Crippen MR) is 186 cm³/mol. The normalized spacial score (nSPS) is 16.4. The van der Waals surface area contributed by atoms with E-state index >= 15 is 0 Å². The van der Waals surface area contributed by atoms with Crippen molar-refractivity contribution in [3.8, 4) is 17.4 Å². The lowest BCUT2D eigenvalue weighted by atomic mass is 9.88. The molecule has 266 valence electrons. The van der Waals surface area contributed by atoms with E-state index in [2.05, 4.69) is 15.3 Å². The van der Waals surface area contributed by atoms with E-state index in [9.17, 15) is 23.6 Å². The molecule has 12 heteroatoms. The van der Waals surface area contributed by atoms with Crippen LogP contribution in [0.2, 0.25) is 0 Å². The van der Waals surface area contributed by atoms with Gasteiger partial charge in [0.15, 0.2) is 11.6 Å². The highest BCUT2D eigenvalue weighted by Crippen LogP contribution is 2.49. The molecule has 11 nitrogen and oxygen atoms in total. The maximum atomic E-state index is 13.5. The number of nitrogens with one attached hydrogen (secondary N) is 1. The Kier molecular flexibility index (Phi) is 10.0. The molecule has 3 aromatic carbocycles. The summed E-state index contributed by atoms with van der Waals surface area (Å²) in [6.45, 7) is 6.25. The molecule has 1 aliphatic carbocycles. The number of Topliss-reactive ketones (excluding diaryl/α,β-unsaturated/α-hetero) is 2. The maximum Gasteiger partial charge on any atom is 0.410 e. The minimum absolute atomic E-state index is 0.0914. The van der Waals surface area contributed by atoms with Gasteiger partial charge >= 0.3 is 6.09 Å². The van der Waals surface area contributed by atoms with Crippen molar-refractivity contribution in [1.82, 2.24) is 20.2 Å². The number of halogens is 1. The minimum atomic E-state index is -0.983. The number of ketones is 2. The molecule has 0 radical (unpaired) electrons. The molecule has 0 unspecified atom stereocenters. The molecule has 6 rings (SSSR count). The number of fused-ring (bicyclic) bond motifs is 1. The predicted octanol–water partition coefficient (Wildman–Crippen LogP) is 6.40. The van der Waals surface area contributed by atoms with Crippen LogP contribution in [0.15, 0.2) is 67.0 Å². The summed E-state index contributed by atoms with van der Waals surface area (Å²) in [5.41, 5.74) is 0.566. The van der Waals surface area contributed by atoms with Gasteiger partial charge < -0.3 is 24.4 Å². The standard InChI is InChI=1S/C39H41FN4O7/c1-38(2,3)51-37(48)44-17-5-6-27(44)22-41-35(47)30-20-29-31(21-32(30)49-4)42-23-43-36(29)50-28-13-9-25(10-14-28)19-34(46)39(15-16-39)33(45)18-24-7-11-26(40)12-8-24/h7-14,20-21,23,27H,5-6,15-19,22H2,1-4H3,(H,41,47)/t27-/m0/s1. The summed E-state index contributed by atoms with van der Waals surface area (Å²) in [6, 6.07) is 15.8. The van der Waals surface area contributed by atoms with Gasteiger partial charge in [-0.05, 0) is 87.9 Å². The van der Waals surface area contributed by atoms with Crippen LogP contribution in [0.25, 0.3) is 10.9 Å². The number of nitrogens with zero attached hydrogens (tertiary/aromatic N) is 3. The molecule has 1 saturated carbocycles. The molecule has 0 bridgehead atoms. The highest BCUT2D eigenvalue weighted by atomic mass is 19.1. The molecular weight excluding hydrogens is 655 g/mol. The van der Waals surface area contributed by atoms with Gasteiger partial charge in [0.1, 0.15) is 29.2 Å². The van der Waals surface area contributed by atoms with E-state index in [1.54, 1.807) is 53.4 Å². The second-order valence-corrected chi connectivity index (χ2v) is 14.1. The van der Waals surface area contributed by atoms with Crippen LogP contribution in [0.5, 0.6) is 17.4 Å². The number of aromatic nitrogens is 2. The molecule has 2 amide bonds. The fourth-order valence-corrected chi connectivity index (χ4v) is 6.34. The first-order valence-corrected chi connectivity index (χ1v) is 17.0. The second-order valence-electron chi connectivity index (χ2n) is 14.1. The highest BCUT2D eigenvalue weighted by Gasteiger charge is 2.54. The van der Waals surface area contributed by atoms with Gasteiger partial charge in [0.2, 0.25) is 5.88 Å². The molecule has 2 fully saturated rings. The Balaban J connectivity index is 1.12. The van der Waals surface area contributed by atoms with Gasteiger partial charge in [0, 0.05) is 32.0 Å². The Morgan fingerprint density at radius 3 is 2.20 bits per heavy atom. The van der Waals surface area contributed by atoms with Crippen LogP contribution in [0, 0.1) is 11.2 Å². The van der Waals surface area contributed by atoms with Crippen molar-refractivity contribution < 1.29 is 37.8 Å². The number of benzene rings is 3. The first-order valence-electron chi connectivity index (χ1n) is 17.0. The monoisotopic (exact) mass is 696 g/mol. The molecule has 1 saturated heterocycles. The third-order valence-corrected chi connectivity index (χ3v) is 9.27. The van der Waals surface area contributed by atoms with E-state index in [1.807, 2.05) is 20.8 Å². The van der Waals surface area contributed by atoms with Crippen molar-refractivity contribution in [3.05, 3.63) is 89.5 Å². The van der Waals surface area contributed by atoms with Gasteiger partial charge in [-0.25, -0.2) is 19.2 Å². The van der Waals surface area contributed by atoms with E-state index in [1.165, 1.54) is 25.6 Å². The van der Waals surface area contributed by atoms with Crippen LogP contribution in [0.1, 0.15) is 67.9 Å². The molecule has 1 N–H and O–H groups in total. The molecule has 2 aliphatic rings. The lowest BCUT2D eigenvalue weighted by Crippen LogP contribution is -2.45. The maximum absolute atomic E-state index is 13.5. The van der Waals surface area contributed by atoms with Crippen LogP contribution in [-0.4, -0.2) is 70.3 Å². The fraction of sp³-hybridized carbons (Fsp3) is 0.385. The van der Waals surface area contributed by atoms with E-state index in [4.69, 9.17) is 14.2 Å². The summed E-state index contributed by atoms with van der Waals surface area (Å²) in [5, 5.41) is 3.42. The number of hydrogen-bond donors (Lipinski definition) is 1.